The van der Waals surface area contributed by atoms with Crippen LogP contribution in [0.4, 0.5) is 5.69 Å². The van der Waals surface area contributed by atoms with Crippen molar-refractivity contribution in [3.63, 3.8) is 0 Å². The van der Waals surface area contributed by atoms with Gasteiger partial charge in [-0.05, 0) is 68.9 Å². The van der Waals surface area contributed by atoms with Gasteiger partial charge < -0.3 is 9.80 Å². The standard InChI is InChI=1S/C24H31ClN2O4S/c1-18-6-9-21(10-7-18)32(29,30)31-16-4-5-19-12-14-27(15-13-19)20-8-11-22(23(25)17-20)24(28)26(2)3/h6-11,17,19H,4-5,12-16H2,1-3H3. The van der Waals surface area contributed by atoms with Crippen LogP contribution in [-0.2, 0) is 14.3 Å². The number of carbonyl (C=O) groups excluding carboxylic acids is 1. The molecule has 174 valence electrons. The number of rotatable bonds is 8. The quantitative estimate of drug-likeness (QED) is 0.404. The Morgan fingerprint density at radius 3 is 2.38 bits per heavy atom. The van der Waals surface area contributed by atoms with Crippen LogP contribution in [0.3, 0.4) is 0 Å². The van der Waals surface area contributed by atoms with Gasteiger partial charge in [-0.1, -0.05) is 29.3 Å². The lowest BCUT2D eigenvalue weighted by atomic mass is 9.92. The highest BCUT2D eigenvalue weighted by molar-refractivity contribution is 7.86. The van der Waals surface area contributed by atoms with Crippen molar-refractivity contribution in [2.45, 2.75) is 37.5 Å². The number of hydrogen-bond donors (Lipinski definition) is 0. The molecule has 0 atom stereocenters. The molecule has 1 fully saturated rings. The number of piperidine rings is 1. The third kappa shape index (κ3) is 6.24. The zero-order chi connectivity index (χ0) is 23.3. The van der Waals surface area contributed by atoms with E-state index >= 15 is 0 Å². The molecule has 6 nitrogen and oxygen atoms in total. The molecular weight excluding hydrogens is 448 g/mol. The van der Waals surface area contributed by atoms with Gasteiger partial charge in [0.15, 0.2) is 0 Å². The van der Waals surface area contributed by atoms with Crippen molar-refractivity contribution in [2.24, 2.45) is 5.92 Å². The Labute approximate surface area is 196 Å². The second-order valence-corrected chi connectivity index (χ2v) is 10.5. The average molecular weight is 479 g/mol. The fourth-order valence-corrected chi connectivity index (χ4v) is 5.11. The van der Waals surface area contributed by atoms with Crippen LogP contribution >= 0.6 is 11.6 Å². The molecule has 3 rings (SSSR count). The van der Waals surface area contributed by atoms with Crippen molar-refractivity contribution in [3.8, 4) is 0 Å². The lowest BCUT2D eigenvalue weighted by Crippen LogP contribution is -2.33. The van der Waals surface area contributed by atoms with E-state index in [-0.39, 0.29) is 17.4 Å². The molecule has 8 heteroatoms. The van der Waals surface area contributed by atoms with Crippen LogP contribution in [0.15, 0.2) is 47.4 Å². The highest BCUT2D eigenvalue weighted by Gasteiger charge is 2.21. The van der Waals surface area contributed by atoms with Gasteiger partial charge in [0, 0.05) is 32.9 Å². The zero-order valence-electron chi connectivity index (χ0n) is 18.9. The SMILES string of the molecule is Cc1ccc(S(=O)(=O)OCCCC2CCN(c3ccc(C(=O)N(C)C)c(Cl)c3)CC2)cc1. The van der Waals surface area contributed by atoms with Crippen LogP contribution in [0.1, 0.15) is 41.6 Å². The lowest BCUT2D eigenvalue weighted by molar-refractivity contribution is 0.0828. The van der Waals surface area contributed by atoms with Gasteiger partial charge in [-0.25, -0.2) is 0 Å². The maximum absolute atomic E-state index is 12.3. The number of carbonyl (C=O) groups is 1. The normalized spacial score (nSPS) is 15.1. The van der Waals surface area contributed by atoms with E-state index in [4.69, 9.17) is 15.8 Å². The van der Waals surface area contributed by atoms with Gasteiger partial charge in [0.05, 0.1) is 22.1 Å². The van der Waals surface area contributed by atoms with Gasteiger partial charge in [0.2, 0.25) is 0 Å². The second kappa shape index (κ2) is 10.7. The van der Waals surface area contributed by atoms with Crippen molar-refractivity contribution in [1.29, 1.82) is 0 Å². The molecular formula is C24H31ClN2O4S. The van der Waals surface area contributed by atoms with Crippen molar-refractivity contribution in [2.75, 3.05) is 38.7 Å². The Morgan fingerprint density at radius 1 is 1.12 bits per heavy atom. The maximum atomic E-state index is 12.3. The van der Waals surface area contributed by atoms with Gasteiger partial charge in [-0.2, -0.15) is 8.42 Å². The van der Waals surface area contributed by atoms with Gasteiger partial charge in [0.25, 0.3) is 16.0 Å². The number of anilines is 1. The Hall–Kier alpha value is -2.09. The highest BCUT2D eigenvalue weighted by Crippen LogP contribution is 2.29. The molecule has 2 aromatic carbocycles. The number of aryl methyl sites for hydroxylation is 1. The van der Waals surface area contributed by atoms with E-state index in [0.717, 1.165) is 43.6 Å². The molecule has 0 aromatic heterocycles. The number of hydrogen-bond acceptors (Lipinski definition) is 5. The van der Waals surface area contributed by atoms with Gasteiger partial charge >= 0.3 is 0 Å². The molecule has 0 radical (unpaired) electrons. The van der Waals surface area contributed by atoms with Crippen LogP contribution in [0.25, 0.3) is 0 Å². The Bertz CT molecular complexity index is 1030. The molecule has 1 amide bonds. The summed E-state index contributed by atoms with van der Waals surface area (Å²) in [6.07, 6.45) is 3.71. The summed E-state index contributed by atoms with van der Waals surface area (Å²) in [5.74, 6) is 0.439. The first-order chi connectivity index (χ1) is 15.2. The second-order valence-electron chi connectivity index (χ2n) is 8.53. The van der Waals surface area contributed by atoms with Crippen molar-refractivity contribution in [3.05, 3.63) is 58.6 Å². The van der Waals surface area contributed by atoms with E-state index in [9.17, 15) is 13.2 Å². The Kier molecular flexibility index (Phi) is 8.20. The molecule has 1 aliphatic rings. The minimum Gasteiger partial charge on any atom is -0.371 e. The predicted octanol–water partition coefficient (Wildman–Crippen LogP) is 4.75. The minimum atomic E-state index is -3.69. The van der Waals surface area contributed by atoms with E-state index in [1.54, 1.807) is 44.4 Å². The smallest absolute Gasteiger partial charge is 0.296 e. The first-order valence-electron chi connectivity index (χ1n) is 10.9. The number of benzene rings is 2. The van der Waals surface area contributed by atoms with E-state index in [2.05, 4.69) is 4.90 Å². The molecule has 1 aliphatic heterocycles. The summed E-state index contributed by atoms with van der Waals surface area (Å²) >= 11 is 6.35. The van der Waals surface area contributed by atoms with Crippen LogP contribution in [-0.4, -0.2) is 53.0 Å². The number of amides is 1. The van der Waals surface area contributed by atoms with Crippen molar-refractivity contribution < 1.29 is 17.4 Å². The van der Waals surface area contributed by atoms with Crippen LogP contribution in [0.5, 0.6) is 0 Å². The van der Waals surface area contributed by atoms with Crippen molar-refractivity contribution >= 4 is 33.3 Å². The molecule has 1 saturated heterocycles. The molecule has 0 spiro atoms. The summed E-state index contributed by atoms with van der Waals surface area (Å²) in [7, 11) is -0.274. The summed E-state index contributed by atoms with van der Waals surface area (Å²) in [6, 6.07) is 12.3. The van der Waals surface area contributed by atoms with E-state index < -0.39 is 10.1 Å². The topological polar surface area (TPSA) is 66.9 Å². The first kappa shape index (κ1) is 24.6. The molecule has 32 heavy (non-hydrogen) atoms. The maximum Gasteiger partial charge on any atom is 0.296 e. The van der Waals surface area contributed by atoms with Crippen LogP contribution in [0.2, 0.25) is 5.02 Å². The summed E-state index contributed by atoms with van der Waals surface area (Å²) in [5, 5.41) is 0.468. The molecule has 0 saturated carbocycles. The fourth-order valence-electron chi connectivity index (χ4n) is 3.91. The van der Waals surface area contributed by atoms with Crippen molar-refractivity contribution in [1.82, 2.24) is 4.90 Å². The Morgan fingerprint density at radius 2 is 1.78 bits per heavy atom. The van der Waals surface area contributed by atoms with E-state index in [0.29, 0.717) is 22.9 Å². The number of halogens is 1. The van der Waals surface area contributed by atoms with Gasteiger partial charge in [-0.15, -0.1) is 0 Å². The summed E-state index contributed by atoms with van der Waals surface area (Å²) in [4.78, 5) is 16.2. The highest BCUT2D eigenvalue weighted by atomic mass is 35.5. The van der Waals surface area contributed by atoms with E-state index in [1.807, 2.05) is 19.1 Å². The zero-order valence-corrected chi connectivity index (χ0v) is 20.5. The largest absolute Gasteiger partial charge is 0.371 e. The third-order valence-electron chi connectivity index (χ3n) is 5.87. The molecule has 2 aromatic rings. The summed E-state index contributed by atoms with van der Waals surface area (Å²) < 4.78 is 29.7. The lowest BCUT2D eigenvalue weighted by Gasteiger charge is -2.34. The third-order valence-corrected chi connectivity index (χ3v) is 7.51. The molecule has 1 heterocycles. The van der Waals surface area contributed by atoms with E-state index in [1.165, 1.54) is 4.90 Å². The summed E-state index contributed by atoms with van der Waals surface area (Å²) in [5.41, 5.74) is 2.54. The fraction of sp³-hybridized carbons (Fsp3) is 0.458. The Balaban J connectivity index is 1.44. The first-order valence-corrected chi connectivity index (χ1v) is 12.7. The molecule has 0 aliphatic carbocycles. The molecule has 0 bridgehead atoms. The van der Waals surface area contributed by atoms with Gasteiger partial charge in [0.1, 0.15) is 0 Å². The molecule has 0 unspecified atom stereocenters. The monoisotopic (exact) mass is 478 g/mol. The minimum absolute atomic E-state index is 0.105. The average Bonchev–Trinajstić information content (AvgIpc) is 2.77. The predicted molar refractivity (Wildman–Crippen MR) is 128 cm³/mol. The molecule has 0 N–H and O–H groups in total. The van der Waals surface area contributed by atoms with Gasteiger partial charge in [-0.3, -0.25) is 8.98 Å². The van der Waals surface area contributed by atoms with Crippen LogP contribution < -0.4 is 4.90 Å². The van der Waals surface area contributed by atoms with Crippen LogP contribution in [0, 0.1) is 12.8 Å². The number of nitrogens with zero attached hydrogens (tertiary/aromatic N) is 2. The summed E-state index contributed by atoms with van der Waals surface area (Å²) in [6.45, 7) is 3.93.